The predicted octanol–water partition coefficient (Wildman–Crippen LogP) is 10.3. The maximum Gasteiger partial charge on any atom is 0.0998 e. The fraction of sp³-hybridized carbons (Fsp3) is 0.0667. The van der Waals surface area contributed by atoms with Crippen LogP contribution in [0.25, 0.3) is 72.4 Å². The molecule has 6 heteroatoms. The summed E-state index contributed by atoms with van der Waals surface area (Å²) in [5.41, 5.74) is 11.3. The molecule has 1 atom stereocenters. The van der Waals surface area contributed by atoms with Crippen molar-refractivity contribution in [3.63, 3.8) is 0 Å². The van der Waals surface area contributed by atoms with Crippen molar-refractivity contribution in [1.82, 2.24) is 14.1 Å². The van der Waals surface area contributed by atoms with Gasteiger partial charge in [0.15, 0.2) is 0 Å². The number of aromatic nitrogens is 3. The van der Waals surface area contributed by atoms with Crippen LogP contribution < -0.4 is 0 Å². The summed E-state index contributed by atoms with van der Waals surface area (Å²) in [6.07, 6.45) is 8.33. The van der Waals surface area contributed by atoms with Gasteiger partial charge in [-0.1, -0.05) is 66.7 Å². The third-order valence-electron chi connectivity index (χ3n) is 10.1. The highest BCUT2D eigenvalue weighted by atomic mass is 15.0. The van der Waals surface area contributed by atoms with Crippen molar-refractivity contribution in [2.45, 2.75) is 13.3 Å². The number of pyridine rings is 1. The van der Waals surface area contributed by atoms with Crippen LogP contribution in [0.1, 0.15) is 29.3 Å². The first kappa shape index (κ1) is 29.9. The van der Waals surface area contributed by atoms with E-state index >= 15 is 0 Å². The van der Waals surface area contributed by atoms with E-state index < -0.39 is 5.41 Å². The molecule has 238 valence electrons. The Hall–Kier alpha value is -7.20. The van der Waals surface area contributed by atoms with Crippen molar-refractivity contribution in [3.8, 4) is 51.8 Å². The third kappa shape index (κ3) is 4.65. The zero-order valence-electron chi connectivity index (χ0n) is 27.7. The van der Waals surface area contributed by atoms with Gasteiger partial charge in [0.05, 0.1) is 57.5 Å². The maximum absolute atomic E-state index is 10.1. The summed E-state index contributed by atoms with van der Waals surface area (Å²) in [6, 6.07) is 46.0. The van der Waals surface area contributed by atoms with E-state index in [0.29, 0.717) is 17.5 Å². The van der Waals surface area contributed by atoms with Crippen molar-refractivity contribution in [1.29, 1.82) is 15.8 Å². The van der Waals surface area contributed by atoms with E-state index in [0.717, 1.165) is 77.6 Å². The molecule has 0 radical (unpaired) electrons. The molecule has 1 unspecified atom stereocenters. The molecule has 3 aromatic heterocycles. The number of nitrogens with zero attached hydrogens (tertiary/aromatic N) is 6. The molecule has 3 heterocycles. The van der Waals surface area contributed by atoms with Gasteiger partial charge >= 0.3 is 0 Å². The summed E-state index contributed by atoms with van der Waals surface area (Å²) >= 11 is 0. The van der Waals surface area contributed by atoms with Gasteiger partial charge in [-0.15, -0.1) is 0 Å². The monoisotopic (exact) mass is 652 g/mol. The standard InChI is InChI=1S/C45H28N6/c1-45(28-48)18-16-43-40(24-45)39-20-29(25-46)14-15-42(39)50(43)32-21-31(35-10-4-5-11-36(35)34-9-3-2-8-30(34)26-47)22-33(23-32)51-41-13-7-6-12-37(41)38-17-19-49-27-44(38)51/h2-23,27H,24H2,1H3. The molecule has 0 spiro atoms. The Bertz CT molecular complexity index is 2850. The number of fused-ring (bicyclic) bond motifs is 6. The highest BCUT2D eigenvalue weighted by molar-refractivity contribution is 6.09. The Balaban J connectivity index is 1.40. The van der Waals surface area contributed by atoms with Gasteiger partial charge < -0.3 is 9.13 Å². The zero-order chi connectivity index (χ0) is 34.7. The predicted molar refractivity (Wildman–Crippen MR) is 202 cm³/mol. The van der Waals surface area contributed by atoms with E-state index in [2.05, 4.69) is 99.1 Å². The van der Waals surface area contributed by atoms with E-state index in [4.69, 9.17) is 0 Å². The molecular weight excluding hydrogens is 625 g/mol. The zero-order valence-corrected chi connectivity index (χ0v) is 27.7. The lowest BCUT2D eigenvalue weighted by Crippen LogP contribution is -2.18. The van der Waals surface area contributed by atoms with Crippen LogP contribution in [0.5, 0.6) is 0 Å². The molecule has 8 aromatic rings. The van der Waals surface area contributed by atoms with Crippen molar-refractivity contribution < 1.29 is 0 Å². The molecule has 0 aliphatic heterocycles. The van der Waals surface area contributed by atoms with Crippen LogP contribution in [-0.4, -0.2) is 14.1 Å². The topological polar surface area (TPSA) is 94.1 Å². The number of hydrogen-bond acceptors (Lipinski definition) is 4. The molecule has 0 amide bonds. The van der Waals surface area contributed by atoms with E-state index in [-0.39, 0.29) is 0 Å². The molecule has 0 N–H and O–H groups in total. The quantitative estimate of drug-likeness (QED) is 0.189. The second-order valence-electron chi connectivity index (χ2n) is 13.3. The first-order valence-corrected chi connectivity index (χ1v) is 16.8. The molecule has 1 aliphatic rings. The summed E-state index contributed by atoms with van der Waals surface area (Å²) < 4.78 is 4.52. The van der Waals surface area contributed by atoms with Gasteiger partial charge in [0.2, 0.25) is 0 Å². The first-order chi connectivity index (χ1) is 25.0. The fourth-order valence-electron chi connectivity index (χ4n) is 7.74. The molecule has 5 aromatic carbocycles. The fourth-order valence-corrected chi connectivity index (χ4v) is 7.74. The lowest BCUT2D eigenvalue weighted by Gasteiger charge is -2.23. The summed E-state index contributed by atoms with van der Waals surface area (Å²) in [5, 5.41) is 33.3. The minimum Gasteiger partial charge on any atom is -0.309 e. The highest BCUT2D eigenvalue weighted by Crippen LogP contribution is 2.43. The van der Waals surface area contributed by atoms with Gasteiger partial charge in [-0.05, 0) is 96.3 Å². The molecule has 9 rings (SSSR count). The Morgan fingerprint density at radius 1 is 0.647 bits per heavy atom. The van der Waals surface area contributed by atoms with Crippen molar-refractivity contribution >= 4 is 38.8 Å². The van der Waals surface area contributed by atoms with Crippen molar-refractivity contribution in [3.05, 3.63) is 156 Å². The van der Waals surface area contributed by atoms with E-state index in [1.165, 1.54) is 0 Å². The number of rotatable bonds is 4. The van der Waals surface area contributed by atoms with Gasteiger partial charge in [-0.2, -0.15) is 15.8 Å². The van der Waals surface area contributed by atoms with Crippen LogP contribution in [0.3, 0.4) is 0 Å². The molecule has 0 bridgehead atoms. The SMILES string of the molecule is CC1(C#N)C=Cc2c(c3cc(C#N)ccc3n2-c2cc(-c3ccccc3-c3ccccc3C#N)cc(-n3c4ccccc4c4ccncc43)c2)C1. The molecule has 6 nitrogen and oxygen atoms in total. The second kappa shape index (κ2) is 11.5. The minimum absolute atomic E-state index is 0.534. The molecule has 51 heavy (non-hydrogen) atoms. The number of benzene rings is 5. The highest BCUT2D eigenvalue weighted by Gasteiger charge is 2.31. The number of para-hydroxylation sites is 1. The van der Waals surface area contributed by atoms with Gasteiger partial charge in [0.1, 0.15) is 0 Å². The summed E-state index contributed by atoms with van der Waals surface area (Å²) in [4.78, 5) is 4.54. The summed E-state index contributed by atoms with van der Waals surface area (Å²) in [6.45, 7) is 1.95. The maximum atomic E-state index is 10.1. The normalized spacial score (nSPS) is 15.0. The van der Waals surface area contributed by atoms with E-state index in [1.54, 1.807) is 0 Å². The average Bonchev–Trinajstić information content (AvgIpc) is 3.69. The molecule has 0 saturated heterocycles. The lowest BCUT2D eigenvalue weighted by atomic mass is 9.80. The van der Waals surface area contributed by atoms with E-state index in [9.17, 15) is 15.8 Å². The van der Waals surface area contributed by atoms with Crippen LogP contribution in [0, 0.1) is 39.4 Å². The first-order valence-electron chi connectivity index (χ1n) is 16.8. The molecule has 0 saturated carbocycles. The van der Waals surface area contributed by atoms with Crippen molar-refractivity contribution in [2.75, 3.05) is 0 Å². The Labute approximate surface area is 294 Å². The lowest BCUT2D eigenvalue weighted by molar-refractivity contribution is 0.562. The average molecular weight is 653 g/mol. The molecule has 1 aliphatic carbocycles. The van der Waals surface area contributed by atoms with Crippen molar-refractivity contribution in [2.24, 2.45) is 5.41 Å². The van der Waals surface area contributed by atoms with Crippen LogP contribution >= 0.6 is 0 Å². The Morgan fingerprint density at radius 3 is 2.16 bits per heavy atom. The molecular formula is C45H28N6. The summed E-state index contributed by atoms with van der Waals surface area (Å²) in [7, 11) is 0. The van der Waals surface area contributed by atoms with E-state index in [1.807, 2.05) is 80.0 Å². The van der Waals surface area contributed by atoms with Crippen LogP contribution in [0.15, 0.2) is 134 Å². The number of nitriles is 3. The van der Waals surface area contributed by atoms with Crippen LogP contribution in [0.4, 0.5) is 0 Å². The summed E-state index contributed by atoms with van der Waals surface area (Å²) in [5.74, 6) is 0. The second-order valence-corrected chi connectivity index (χ2v) is 13.3. The van der Waals surface area contributed by atoms with Gasteiger partial charge in [-0.3, -0.25) is 4.98 Å². The third-order valence-corrected chi connectivity index (χ3v) is 10.1. The van der Waals surface area contributed by atoms with Gasteiger partial charge in [-0.25, -0.2) is 0 Å². The van der Waals surface area contributed by atoms with Crippen LogP contribution in [0.2, 0.25) is 0 Å². The number of hydrogen-bond donors (Lipinski definition) is 0. The van der Waals surface area contributed by atoms with Gasteiger partial charge in [0.25, 0.3) is 0 Å². The number of allylic oxidation sites excluding steroid dienone is 1. The minimum atomic E-state index is -0.662. The Morgan fingerprint density at radius 2 is 1.35 bits per heavy atom. The Kier molecular flexibility index (Phi) is 6.72. The van der Waals surface area contributed by atoms with Gasteiger partial charge in [0, 0.05) is 45.0 Å². The van der Waals surface area contributed by atoms with Crippen LogP contribution in [-0.2, 0) is 6.42 Å². The molecule has 0 fully saturated rings. The largest absolute Gasteiger partial charge is 0.309 e. The smallest absolute Gasteiger partial charge is 0.0998 e.